The van der Waals surface area contributed by atoms with Crippen molar-refractivity contribution >= 4 is 29.3 Å². The zero-order chi connectivity index (χ0) is 12.5. The average molecular weight is 286 g/mol. The second kappa shape index (κ2) is 6.87. The third kappa shape index (κ3) is 4.18. The zero-order valence-electron chi connectivity index (χ0n) is 10.2. The normalized spacial score (nSPS) is 15.5. The minimum absolute atomic E-state index is 0. The number of nitrogens with zero attached hydrogens (tertiary/aromatic N) is 2. The quantitative estimate of drug-likeness (QED) is 0.604. The predicted octanol–water partition coefficient (Wildman–Crippen LogP) is -0.253. The van der Waals surface area contributed by atoms with Crippen LogP contribution in [0.3, 0.4) is 0 Å². The number of benzene rings is 1. The van der Waals surface area contributed by atoms with E-state index in [2.05, 4.69) is 0 Å². The molecule has 0 atom stereocenters. The summed E-state index contributed by atoms with van der Waals surface area (Å²) in [6.45, 7) is 1.23. The molecule has 7 nitrogen and oxygen atoms in total. The first-order chi connectivity index (χ1) is 7.98. The summed E-state index contributed by atoms with van der Waals surface area (Å²) in [5.41, 5.74) is 0.939. The molecule has 1 aliphatic rings. The molecule has 3 N–H and O–H groups in total. The Labute approximate surface area is 113 Å². The van der Waals surface area contributed by atoms with E-state index >= 15 is 0 Å². The van der Waals surface area contributed by atoms with Crippen LogP contribution in [0.25, 0.3) is 0 Å². The Morgan fingerprint density at radius 2 is 1.58 bits per heavy atom. The monoisotopic (exact) mass is 286 g/mol. The predicted molar refractivity (Wildman–Crippen MR) is 70.5 cm³/mol. The van der Waals surface area contributed by atoms with E-state index in [4.69, 9.17) is 7.85 Å². The first kappa shape index (κ1) is 17.9. The summed E-state index contributed by atoms with van der Waals surface area (Å²) < 4.78 is 33.0. The summed E-state index contributed by atoms with van der Waals surface area (Å²) in [7, 11) is 1.25. The maximum atomic E-state index is 11.4. The molecule has 0 unspecified atom stereocenters. The van der Waals surface area contributed by atoms with Gasteiger partial charge < -0.3 is 11.0 Å². The van der Waals surface area contributed by atoms with Gasteiger partial charge in [0.05, 0.1) is 0 Å². The van der Waals surface area contributed by atoms with Crippen LogP contribution >= 0.6 is 0 Å². The molecule has 0 aliphatic carbocycles. The number of rotatable bonds is 3. The molecular formula is C10H15BN2O5S. The molecule has 9 heteroatoms. The summed E-state index contributed by atoms with van der Waals surface area (Å²) >= 11 is 0. The topological polar surface area (TPSA) is 121 Å². The van der Waals surface area contributed by atoms with Gasteiger partial charge in [0.1, 0.15) is 0 Å². The van der Waals surface area contributed by atoms with E-state index in [1.54, 1.807) is 29.3 Å². The van der Waals surface area contributed by atoms with Gasteiger partial charge in [0.15, 0.2) is 0 Å². The molecule has 2 rings (SSSR count). The Bertz CT molecular complexity index is 487. The molecule has 1 aliphatic heterocycles. The first-order valence-electron chi connectivity index (χ1n) is 5.36. The molecule has 0 saturated carbocycles. The van der Waals surface area contributed by atoms with Crippen molar-refractivity contribution in [2.24, 2.45) is 0 Å². The van der Waals surface area contributed by atoms with Crippen LogP contribution in [0.2, 0.25) is 0 Å². The molecular weight excluding hydrogens is 271 g/mol. The van der Waals surface area contributed by atoms with Crippen molar-refractivity contribution in [2.75, 3.05) is 17.5 Å². The van der Waals surface area contributed by atoms with Gasteiger partial charge >= 0.3 is 102 Å². The fraction of sp³-hybridized carbons (Fsp3) is 0.400. The Kier molecular flexibility index (Phi) is 6.47. The van der Waals surface area contributed by atoms with Crippen LogP contribution < -0.4 is 9.88 Å². The van der Waals surface area contributed by atoms with Gasteiger partial charge in [0, 0.05) is 0 Å². The van der Waals surface area contributed by atoms with Gasteiger partial charge in [-0.3, -0.25) is 0 Å². The van der Waals surface area contributed by atoms with E-state index in [-0.39, 0.29) is 11.0 Å². The zero-order valence-corrected chi connectivity index (χ0v) is 11.0. The van der Waals surface area contributed by atoms with Gasteiger partial charge in [-0.05, 0) is 0 Å². The van der Waals surface area contributed by atoms with Crippen LogP contribution in [0.15, 0.2) is 24.3 Å². The van der Waals surface area contributed by atoms with Crippen LogP contribution in [-0.2, 0) is 10.3 Å². The van der Waals surface area contributed by atoms with E-state index in [0.717, 1.165) is 17.3 Å². The van der Waals surface area contributed by atoms with E-state index in [0.29, 0.717) is 24.2 Å². The molecule has 1 aromatic carbocycles. The molecule has 0 spiro atoms. The summed E-state index contributed by atoms with van der Waals surface area (Å²) in [6, 6.07) is 6.34. The third-order valence-corrected chi connectivity index (χ3v) is 3.55. The van der Waals surface area contributed by atoms with Crippen molar-refractivity contribution in [1.82, 2.24) is 5.01 Å². The number of anilines is 1. The molecule has 19 heavy (non-hydrogen) atoms. The summed E-state index contributed by atoms with van der Waals surface area (Å²) in [5, 5.41) is 1.61. The second-order valence-electron chi connectivity index (χ2n) is 3.97. The molecule has 1 aromatic rings. The van der Waals surface area contributed by atoms with Crippen molar-refractivity contribution in [3.05, 3.63) is 24.3 Å². The summed E-state index contributed by atoms with van der Waals surface area (Å²) in [6.07, 6.45) is 1.84. The Morgan fingerprint density at radius 1 is 1.11 bits per heavy atom. The number of hydrogen-bond donors (Lipinski definition) is 1. The van der Waals surface area contributed by atoms with Crippen molar-refractivity contribution in [2.45, 2.75) is 12.8 Å². The Morgan fingerprint density at radius 3 is 2.00 bits per heavy atom. The van der Waals surface area contributed by atoms with Crippen molar-refractivity contribution in [3.63, 3.8) is 0 Å². The largest absolute Gasteiger partial charge is 0.870 e. The van der Waals surface area contributed by atoms with Crippen LogP contribution in [0.5, 0.6) is 0 Å². The van der Waals surface area contributed by atoms with E-state index < -0.39 is 10.3 Å². The Hall–Kier alpha value is -1.13. The van der Waals surface area contributed by atoms with Gasteiger partial charge in [-0.15, -0.1) is 0 Å². The summed E-state index contributed by atoms with van der Waals surface area (Å²) in [4.78, 5) is 0. The van der Waals surface area contributed by atoms with Gasteiger partial charge in [0.2, 0.25) is 0 Å². The standard InChI is InChI=1S/C10H13BN2O3S.2H2O/c11-9-3-5-10(6-4-9)13(17(14,15)16)12-7-1-2-8-12;;/h3-6H,1-2,7-8H2,(H,14,15,16);2*1H2/q+2;;/p-2. The van der Waals surface area contributed by atoms with Crippen molar-refractivity contribution in [1.29, 1.82) is 0 Å². The van der Waals surface area contributed by atoms with Crippen LogP contribution in [0, 0.1) is 0 Å². The van der Waals surface area contributed by atoms with Crippen LogP contribution in [0.1, 0.15) is 12.8 Å². The fourth-order valence-electron chi connectivity index (χ4n) is 1.93. The van der Waals surface area contributed by atoms with Gasteiger partial charge in [-0.25, -0.2) is 0 Å². The maximum Gasteiger partial charge on any atom is -0.870 e. The molecule has 104 valence electrons. The molecule has 1 fully saturated rings. The van der Waals surface area contributed by atoms with Crippen molar-refractivity contribution < 1.29 is 23.9 Å². The van der Waals surface area contributed by atoms with Gasteiger partial charge in [-0.2, -0.15) is 0 Å². The fourth-order valence-corrected chi connectivity index (χ4v) is 2.77. The number of hydrazine groups is 1. The third-order valence-electron chi connectivity index (χ3n) is 2.67. The molecule has 0 bridgehead atoms. The van der Waals surface area contributed by atoms with Crippen LogP contribution in [-0.4, -0.2) is 49.9 Å². The molecule has 0 aromatic heterocycles. The van der Waals surface area contributed by atoms with E-state index in [1.165, 1.54) is 0 Å². The molecule has 0 amide bonds. The minimum Gasteiger partial charge on any atom is -0.870 e. The van der Waals surface area contributed by atoms with E-state index in [1.807, 2.05) is 0 Å². The van der Waals surface area contributed by atoms with Gasteiger partial charge in [-0.1, -0.05) is 0 Å². The second-order valence-corrected chi connectivity index (χ2v) is 5.21. The molecule has 0 radical (unpaired) electrons. The molecule has 1 heterocycles. The minimum atomic E-state index is -4.30. The van der Waals surface area contributed by atoms with Crippen molar-refractivity contribution in [3.8, 4) is 0 Å². The smallest absolute Gasteiger partial charge is 0.870 e. The number of hydrogen-bond acceptors (Lipinski definition) is 5. The van der Waals surface area contributed by atoms with Crippen LogP contribution in [0.4, 0.5) is 5.69 Å². The molecule has 1 saturated heterocycles. The summed E-state index contributed by atoms with van der Waals surface area (Å²) in [5.74, 6) is 0. The first-order valence-corrected chi connectivity index (χ1v) is 6.76. The average Bonchev–Trinajstić information content (AvgIpc) is 2.72. The van der Waals surface area contributed by atoms with E-state index in [9.17, 15) is 13.0 Å². The Balaban J connectivity index is 0.00000162. The SMILES string of the molecule is [B+2]c1ccc(N(N2CCCC2)S(=O)(=O)O)cc1.[OH-].[OH-]. The maximum absolute atomic E-state index is 11.4. The van der Waals surface area contributed by atoms with Gasteiger partial charge in [0.25, 0.3) is 0 Å².